The molecular weight excluding hydrogens is 324 g/mol. The number of carbonyl (C=O) groups is 1. The van der Waals surface area contributed by atoms with E-state index in [1.807, 2.05) is 24.3 Å². The first-order valence-corrected chi connectivity index (χ1v) is 9.39. The molecule has 3 rings (SSSR count). The second kappa shape index (κ2) is 8.86. The lowest BCUT2D eigenvalue weighted by molar-refractivity contribution is -0.122. The summed E-state index contributed by atoms with van der Waals surface area (Å²) in [6.07, 6.45) is 3.44. The number of benzene rings is 2. The maximum Gasteiger partial charge on any atom is 0.234 e. The third kappa shape index (κ3) is 5.33. The summed E-state index contributed by atoms with van der Waals surface area (Å²) in [4.78, 5) is 14.7. The average Bonchev–Trinajstić information content (AvgIpc) is 3.52. The lowest BCUT2D eigenvalue weighted by Gasteiger charge is -2.21. The van der Waals surface area contributed by atoms with Crippen LogP contribution in [0.1, 0.15) is 36.5 Å². The lowest BCUT2D eigenvalue weighted by atomic mass is 10.1. The zero-order valence-electron chi connectivity index (χ0n) is 15.7. The molecule has 0 atom stereocenters. The van der Waals surface area contributed by atoms with Crippen molar-refractivity contribution in [1.29, 1.82) is 0 Å². The van der Waals surface area contributed by atoms with Gasteiger partial charge in [-0.3, -0.25) is 9.69 Å². The molecule has 1 aliphatic rings. The Morgan fingerprint density at radius 2 is 1.65 bits per heavy atom. The van der Waals surface area contributed by atoms with Crippen LogP contribution >= 0.6 is 0 Å². The van der Waals surface area contributed by atoms with Crippen LogP contribution in [-0.4, -0.2) is 30.5 Å². The van der Waals surface area contributed by atoms with Gasteiger partial charge < -0.3 is 10.1 Å². The summed E-state index contributed by atoms with van der Waals surface area (Å²) in [5.41, 5.74) is 3.70. The number of ether oxygens (including phenoxy) is 1. The van der Waals surface area contributed by atoms with E-state index in [1.54, 1.807) is 7.11 Å². The van der Waals surface area contributed by atoms with Gasteiger partial charge in [0.25, 0.3) is 0 Å². The van der Waals surface area contributed by atoms with Crippen molar-refractivity contribution in [1.82, 2.24) is 10.2 Å². The number of nitrogens with one attached hydrogen (secondary N) is 1. The highest BCUT2D eigenvalue weighted by Gasteiger charge is 2.30. The van der Waals surface area contributed by atoms with Crippen molar-refractivity contribution in [3.05, 3.63) is 65.2 Å². The minimum Gasteiger partial charge on any atom is -0.497 e. The van der Waals surface area contributed by atoms with Crippen LogP contribution in [0.5, 0.6) is 5.75 Å². The fraction of sp³-hybridized carbons (Fsp3) is 0.409. The second-order valence-electron chi connectivity index (χ2n) is 6.93. The predicted molar refractivity (Wildman–Crippen MR) is 104 cm³/mol. The highest BCUT2D eigenvalue weighted by molar-refractivity contribution is 5.78. The largest absolute Gasteiger partial charge is 0.497 e. The molecule has 26 heavy (non-hydrogen) atoms. The Bertz CT molecular complexity index is 706. The van der Waals surface area contributed by atoms with Crippen LogP contribution in [0, 0.1) is 0 Å². The molecule has 1 saturated carbocycles. The van der Waals surface area contributed by atoms with Crippen molar-refractivity contribution in [3.8, 4) is 5.75 Å². The summed E-state index contributed by atoms with van der Waals surface area (Å²) in [6, 6.07) is 17.1. The summed E-state index contributed by atoms with van der Waals surface area (Å²) < 4.78 is 5.16. The molecule has 1 N–H and O–H groups in total. The van der Waals surface area contributed by atoms with Crippen LogP contribution in [0.4, 0.5) is 0 Å². The number of aryl methyl sites for hydroxylation is 1. The average molecular weight is 352 g/mol. The monoisotopic (exact) mass is 352 g/mol. The summed E-state index contributed by atoms with van der Waals surface area (Å²) in [5.74, 6) is 0.909. The Hall–Kier alpha value is -2.33. The van der Waals surface area contributed by atoms with E-state index in [0.717, 1.165) is 24.3 Å². The van der Waals surface area contributed by atoms with Gasteiger partial charge in [-0.25, -0.2) is 0 Å². The van der Waals surface area contributed by atoms with Crippen LogP contribution in [-0.2, 0) is 24.3 Å². The summed E-state index contributed by atoms with van der Waals surface area (Å²) >= 11 is 0. The number of hydrogen-bond donors (Lipinski definition) is 1. The standard InChI is InChI=1S/C22H28N2O2/c1-3-17-4-6-19(7-5-17)15-24(20-10-11-20)16-22(25)23-14-18-8-12-21(26-2)13-9-18/h4-9,12-13,20H,3,10-11,14-16H2,1-2H3,(H,23,25). The molecule has 4 nitrogen and oxygen atoms in total. The van der Waals surface area contributed by atoms with Crippen molar-refractivity contribution < 1.29 is 9.53 Å². The molecule has 1 amide bonds. The molecule has 138 valence electrons. The van der Waals surface area contributed by atoms with Crippen LogP contribution < -0.4 is 10.1 Å². The predicted octanol–water partition coefficient (Wildman–Crippen LogP) is 3.54. The van der Waals surface area contributed by atoms with Gasteiger partial charge >= 0.3 is 0 Å². The van der Waals surface area contributed by atoms with Gasteiger partial charge in [-0.2, -0.15) is 0 Å². The van der Waals surface area contributed by atoms with Crippen molar-refractivity contribution in [3.63, 3.8) is 0 Å². The van der Waals surface area contributed by atoms with Crippen LogP contribution in [0.2, 0.25) is 0 Å². The van der Waals surface area contributed by atoms with E-state index in [0.29, 0.717) is 19.1 Å². The van der Waals surface area contributed by atoms with Gasteiger partial charge in [0.05, 0.1) is 13.7 Å². The zero-order valence-corrected chi connectivity index (χ0v) is 15.7. The zero-order chi connectivity index (χ0) is 18.4. The first-order chi connectivity index (χ1) is 12.7. The number of rotatable bonds is 9. The quantitative estimate of drug-likeness (QED) is 0.750. The van der Waals surface area contributed by atoms with E-state index in [9.17, 15) is 4.79 Å². The minimum absolute atomic E-state index is 0.0814. The molecule has 0 unspecified atom stereocenters. The van der Waals surface area contributed by atoms with Gasteiger partial charge in [0.2, 0.25) is 5.91 Å². The normalized spacial score (nSPS) is 13.7. The third-order valence-corrected chi connectivity index (χ3v) is 4.88. The topological polar surface area (TPSA) is 41.6 Å². The SMILES string of the molecule is CCc1ccc(CN(CC(=O)NCc2ccc(OC)cc2)C2CC2)cc1. The van der Waals surface area contributed by atoms with E-state index in [-0.39, 0.29) is 5.91 Å². The van der Waals surface area contributed by atoms with E-state index in [4.69, 9.17) is 4.74 Å². The Morgan fingerprint density at radius 1 is 1.04 bits per heavy atom. The van der Waals surface area contributed by atoms with Crippen molar-refractivity contribution in [2.45, 2.75) is 45.3 Å². The highest BCUT2D eigenvalue weighted by atomic mass is 16.5. The van der Waals surface area contributed by atoms with Gasteiger partial charge in [0.1, 0.15) is 5.75 Å². The third-order valence-electron chi connectivity index (χ3n) is 4.88. The van der Waals surface area contributed by atoms with E-state index >= 15 is 0 Å². The number of amides is 1. The van der Waals surface area contributed by atoms with Crippen molar-refractivity contribution in [2.75, 3.05) is 13.7 Å². The number of hydrogen-bond acceptors (Lipinski definition) is 3. The van der Waals surface area contributed by atoms with Gasteiger partial charge in [0, 0.05) is 19.1 Å². The molecule has 0 radical (unpaired) electrons. The molecular formula is C22H28N2O2. The van der Waals surface area contributed by atoms with E-state index < -0.39 is 0 Å². The molecule has 0 heterocycles. The molecule has 0 spiro atoms. The Balaban J connectivity index is 1.51. The Labute approximate surface area is 156 Å². The molecule has 0 saturated heterocycles. The fourth-order valence-electron chi connectivity index (χ4n) is 3.05. The highest BCUT2D eigenvalue weighted by Crippen LogP contribution is 2.28. The smallest absolute Gasteiger partial charge is 0.234 e. The molecule has 0 bridgehead atoms. The summed E-state index contributed by atoms with van der Waals surface area (Å²) in [5, 5.41) is 3.03. The van der Waals surface area contributed by atoms with Crippen LogP contribution in [0.15, 0.2) is 48.5 Å². The number of nitrogens with zero attached hydrogens (tertiary/aromatic N) is 1. The van der Waals surface area contributed by atoms with Gasteiger partial charge in [-0.1, -0.05) is 43.3 Å². The first-order valence-electron chi connectivity index (χ1n) is 9.39. The maximum atomic E-state index is 12.4. The minimum atomic E-state index is 0.0814. The molecule has 1 aliphatic carbocycles. The number of methoxy groups -OCH3 is 1. The Morgan fingerprint density at radius 3 is 2.23 bits per heavy atom. The second-order valence-corrected chi connectivity index (χ2v) is 6.93. The van der Waals surface area contributed by atoms with Crippen molar-refractivity contribution in [2.24, 2.45) is 0 Å². The molecule has 2 aromatic rings. The van der Waals surface area contributed by atoms with Crippen molar-refractivity contribution >= 4 is 5.91 Å². The van der Waals surface area contributed by atoms with Gasteiger partial charge in [-0.05, 0) is 48.1 Å². The number of carbonyl (C=O) groups excluding carboxylic acids is 1. The fourth-order valence-corrected chi connectivity index (χ4v) is 3.05. The molecule has 0 aliphatic heterocycles. The Kier molecular flexibility index (Phi) is 6.29. The van der Waals surface area contributed by atoms with E-state index in [2.05, 4.69) is 41.4 Å². The molecule has 4 heteroatoms. The lowest BCUT2D eigenvalue weighted by Crippen LogP contribution is -2.37. The van der Waals surface area contributed by atoms with Gasteiger partial charge in [0.15, 0.2) is 0 Å². The molecule has 0 aromatic heterocycles. The molecule has 1 fully saturated rings. The van der Waals surface area contributed by atoms with Crippen LogP contribution in [0.25, 0.3) is 0 Å². The van der Waals surface area contributed by atoms with E-state index in [1.165, 1.54) is 24.0 Å². The maximum absolute atomic E-state index is 12.4. The first kappa shape index (κ1) is 18.5. The van der Waals surface area contributed by atoms with Gasteiger partial charge in [-0.15, -0.1) is 0 Å². The molecule has 2 aromatic carbocycles. The summed E-state index contributed by atoms with van der Waals surface area (Å²) in [7, 11) is 1.65. The summed E-state index contributed by atoms with van der Waals surface area (Å²) in [6.45, 7) is 4.01. The van der Waals surface area contributed by atoms with Crippen LogP contribution in [0.3, 0.4) is 0 Å².